The Balaban J connectivity index is 3.17. The van der Waals surface area contributed by atoms with E-state index in [2.05, 4.69) is 20.9 Å². The van der Waals surface area contributed by atoms with E-state index in [0.717, 1.165) is 4.47 Å². The Morgan fingerprint density at radius 1 is 1.70 bits per heavy atom. The quantitative estimate of drug-likeness (QED) is 0.750. The molecule has 2 N–H and O–H groups in total. The van der Waals surface area contributed by atoms with Crippen LogP contribution in [0.15, 0.2) is 16.7 Å². The van der Waals surface area contributed by atoms with Gasteiger partial charge in [-0.2, -0.15) is 0 Å². The van der Waals surface area contributed by atoms with Gasteiger partial charge < -0.3 is 10.5 Å². The molecule has 0 bridgehead atoms. The summed E-state index contributed by atoms with van der Waals surface area (Å²) in [6, 6.07) is 1.77. The molecule has 0 saturated carbocycles. The Kier molecular flexibility index (Phi) is 2.11. The van der Waals surface area contributed by atoms with Gasteiger partial charge in [0, 0.05) is 6.20 Å². The van der Waals surface area contributed by atoms with Gasteiger partial charge in [-0.15, -0.1) is 0 Å². The molecule has 1 heterocycles. The zero-order valence-electron chi connectivity index (χ0n) is 5.47. The minimum Gasteiger partial charge on any atom is -0.492 e. The van der Waals surface area contributed by atoms with Crippen LogP contribution in [0.2, 0.25) is 0 Å². The molecule has 0 atom stereocenters. The highest BCUT2D eigenvalue weighted by Crippen LogP contribution is 2.27. The van der Waals surface area contributed by atoms with Crippen molar-refractivity contribution >= 4 is 21.7 Å². The van der Waals surface area contributed by atoms with Gasteiger partial charge in [-0.25, -0.2) is 4.98 Å². The summed E-state index contributed by atoms with van der Waals surface area (Å²) in [4.78, 5) is 3.83. The number of anilines is 1. The summed E-state index contributed by atoms with van der Waals surface area (Å²) in [6.45, 7) is 0. The lowest BCUT2D eigenvalue weighted by molar-refractivity contribution is 0.413. The van der Waals surface area contributed by atoms with Crippen molar-refractivity contribution < 1.29 is 4.74 Å². The molecule has 0 aliphatic rings. The van der Waals surface area contributed by atoms with Crippen LogP contribution >= 0.6 is 15.9 Å². The smallest absolute Gasteiger partial charge is 0.175 e. The van der Waals surface area contributed by atoms with Crippen molar-refractivity contribution in [1.29, 1.82) is 0 Å². The second-order valence-corrected chi connectivity index (χ2v) is 2.57. The van der Waals surface area contributed by atoms with Crippen LogP contribution in [-0.2, 0) is 0 Å². The van der Waals surface area contributed by atoms with Crippen LogP contribution in [0.5, 0.6) is 5.75 Å². The van der Waals surface area contributed by atoms with Crippen molar-refractivity contribution in [3.63, 3.8) is 0 Å². The Hall–Kier alpha value is -0.770. The summed E-state index contributed by atoms with van der Waals surface area (Å²) < 4.78 is 5.76. The van der Waals surface area contributed by atoms with E-state index in [1.54, 1.807) is 19.4 Å². The second kappa shape index (κ2) is 2.88. The molecule has 0 fully saturated rings. The van der Waals surface area contributed by atoms with Crippen molar-refractivity contribution in [2.45, 2.75) is 0 Å². The third-order valence-electron chi connectivity index (χ3n) is 1.09. The van der Waals surface area contributed by atoms with Gasteiger partial charge in [-0.1, -0.05) is 0 Å². The highest BCUT2D eigenvalue weighted by Gasteiger charge is 2.02. The molecule has 0 spiro atoms. The maximum Gasteiger partial charge on any atom is 0.175 e. The second-order valence-electron chi connectivity index (χ2n) is 1.71. The molecule has 54 valence electrons. The first-order valence-corrected chi connectivity index (χ1v) is 3.49. The average Bonchev–Trinajstić information content (AvgIpc) is 1.88. The van der Waals surface area contributed by atoms with Gasteiger partial charge in [0.05, 0.1) is 11.6 Å². The topological polar surface area (TPSA) is 48.1 Å². The zero-order valence-corrected chi connectivity index (χ0v) is 7.05. The van der Waals surface area contributed by atoms with Crippen LogP contribution < -0.4 is 10.5 Å². The van der Waals surface area contributed by atoms with Gasteiger partial charge in [0.15, 0.2) is 11.6 Å². The van der Waals surface area contributed by atoms with Crippen molar-refractivity contribution in [1.82, 2.24) is 4.98 Å². The Morgan fingerprint density at radius 2 is 2.40 bits per heavy atom. The maximum absolute atomic E-state index is 5.47. The molecular weight excluding hydrogens is 196 g/mol. The summed E-state index contributed by atoms with van der Waals surface area (Å²) >= 11 is 3.26. The first-order valence-electron chi connectivity index (χ1n) is 2.69. The third kappa shape index (κ3) is 1.21. The van der Waals surface area contributed by atoms with Crippen LogP contribution in [0.4, 0.5) is 5.82 Å². The Labute approximate surface area is 67.3 Å². The van der Waals surface area contributed by atoms with Crippen molar-refractivity contribution in [3.05, 3.63) is 16.7 Å². The normalized spacial score (nSPS) is 9.40. The molecular formula is C6H7BrN2O. The number of nitrogen functional groups attached to an aromatic ring is 1. The molecule has 1 aromatic heterocycles. The van der Waals surface area contributed by atoms with E-state index in [-0.39, 0.29) is 0 Å². The van der Waals surface area contributed by atoms with Gasteiger partial charge in [0.25, 0.3) is 0 Å². The number of methoxy groups -OCH3 is 1. The average molecular weight is 203 g/mol. The van der Waals surface area contributed by atoms with Crippen LogP contribution in [0.25, 0.3) is 0 Å². The lowest BCUT2D eigenvalue weighted by Crippen LogP contribution is -1.95. The summed E-state index contributed by atoms with van der Waals surface area (Å²) in [5.74, 6) is 0.986. The number of aromatic nitrogens is 1. The molecule has 0 aliphatic heterocycles. The fraction of sp³-hybridized carbons (Fsp3) is 0.167. The van der Waals surface area contributed by atoms with Gasteiger partial charge >= 0.3 is 0 Å². The molecule has 0 unspecified atom stereocenters. The number of nitrogens with zero attached hydrogens (tertiary/aromatic N) is 1. The number of rotatable bonds is 1. The van der Waals surface area contributed by atoms with Gasteiger partial charge in [-0.05, 0) is 22.0 Å². The molecule has 0 radical (unpaired) electrons. The highest BCUT2D eigenvalue weighted by atomic mass is 79.9. The Morgan fingerprint density at radius 3 is 2.80 bits per heavy atom. The molecule has 3 nitrogen and oxygen atoms in total. The van der Waals surface area contributed by atoms with Gasteiger partial charge in [0.2, 0.25) is 0 Å². The largest absolute Gasteiger partial charge is 0.492 e. The lowest BCUT2D eigenvalue weighted by atomic mass is 10.4. The highest BCUT2D eigenvalue weighted by molar-refractivity contribution is 9.10. The van der Waals surface area contributed by atoms with Gasteiger partial charge in [-0.3, -0.25) is 0 Å². The predicted molar refractivity (Wildman–Crippen MR) is 42.9 cm³/mol. The SMILES string of the molecule is COc1c(Br)ccnc1N. The van der Waals surface area contributed by atoms with E-state index in [9.17, 15) is 0 Å². The van der Waals surface area contributed by atoms with Gasteiger partial charge in [0.1, 0.15) is 0 Å². The summed E-state index contributed by atoms with van der Waals surface area (Å²) in [5, 5.41) is 0. The summed E-state index contributed by atoms with van der Waals surface area (Å²) in [5.41, 5.74) is 5.47. The fourth-order valence-corrected chi connectivity index (χ4v) is 1.12. The molecule has 4 heteroatoms. The van der Waals surface area contributed by atoms with Crippen LogP contribution in [0, 0.1) is 0 Å². The Bertz CT molecular complexity index is 219. The first kappa shape index (κ1) is 7.34. The van der Waals surface area contributed by atoms with Crippen molar-refractivity contribution in [2.24, 2.45) is 0 Å². The number of ether oxygens (including phenoxy) is 1. The van der Waals surface area contributed by atoms with Crippen LogP contribution in [0.1, 0.15) is 0 Å². The predicted octanol–water partition coefficient (Wildman–Crippen LogP) is 1.43. The molecule has 1 aromatic rings. The van der Waals surface area contributed by atoms with E-state index in [4.69, 9.17) is 10.5 Å². The molecule has 0 aliphatic carbocycles. The van der Waals surface area contributed by atoms with Crippen LogP contribution in [0.3, 0.4) is 0 Å². The van der Waals surface area contributed by atoms with E-state index in [1.165, 1.54) is 0 Å². The molecule has 0 amide bonds. The zero-order chi connectivity index (χ0) is 7.56. The number of halogens is 1. The van der Waals surface area contributed by atoms with Crippen molar-refractivity contribution in [2.75, 3.05) is 12.8 Å². The minimum atomic E-state index is 0.400. The summed E-state index contributed by atoms with van der Waals surface area (Å²) in [7, 11) is 1.55. The summed E-state index contributed by atoms with van der Waals surface area (Å²) in [6.07, 6.45) is 1.61. The monoisotopic (exact) mass is 202 g/mol. The molecule has 10 heavy (non-hydrogen) atoms. The first-order chi connectivity index (χ1) is 4.75. The maximum atomic E-state index is 5.47. The van der Waals surface area contributed by atoms with Crippen molar-refractivity contribution in [3.8, 4) is 5.75 Å². The van der Waals surface area contributed by atoms with E-state index < -0.39 is 0 Å². The minimum absolute atomic E-state index is 0.400. The lowest BCUT2D eigenvalue weighted by Gasteiger charge is -2.03. The molecule has 0 saturated heterocycles. The standard InChI is InChI=1S/C6H7BrN2O/c1-10-5-4(7)2-3-9-6(5)8/h2-3H,1H3,(H2,8,9). The van der Waals surface area contributed by atoms with E-state index >= 15 is 0 Å². The fourth-order valence-electron chi connectivity index (χ4n) is 0.642. The molecule has 1 rings (SSSR count). The van der Waals surface area contributed by atoms with E-state index in [1.807, 2.05) is 0 Å². The number of hydrogen-bond donors (Lipinski definition) is 1. The molecule has 0 aromatic carbocycles. The van der Waals surface area contributed by atoms with E-state index in [0.29, 0.717) is 11.6 Å². The number of hydrogen-bond acceptors (Lipinski definition) is 3. The third-order valence-corrected chi connectivity index (χ3v) is 1.71. The number of nitrogens with two attached hydrogens (primary N) is 1. The van der Waals surface area contributed by atoms with Crippen LogP contribution in [-0.4, -0.2) is 12.1 Å². The number of pyridine rings is 1.